The highest BCUT2D eigenvalue weighted by molar-refractivity contribution is 8.00. The van der Waals surface area contributed by atoms with Crippen molar-refractivity contribution < 1.29 is 4.79 Å². The molecule has 0 spiro atoms. The molecule has 1 aromatic heterocycles. The van der Waals surface area contributed by atoms with E-state index in [9.17, 15) is 9.59 Å². The Balaban J connectivity index is 1.92. The number of thioether (sulfide) groups is 1. The molecule has 2 rings (SSSR count). The molecule has 0 bridgehead atoms. The Kier molecular flexibility index (Phi) is 5.90. The van der Waals surface area contributed by atoms with Crippen molar-refractivity contribution in [2.75, 3.05) is 0 Å². The van der Waals surface area contributed by atoms with Gasteiger partial charge in [0.05, 0.1) is 5.25 Å². The van der Waals surface area contributed by atoms with Gasteiger partial charge in [-0.2, -0.15) is 0 Å². The van der Waals surface area contributed by atoms with Gasteiger partial charge in [-0.25, -0.2) is 9.89 Å². The summed E-state index contributed by atoms with van der Waals surface area (Å²) in [6, 6.07) is 0.311. The smallest absolute Gasteiger partial charge is 0.343 e. The third kappa shape index (κ3) is 4.36. The first-order chi connectivity index (χ1) is 10.1. The zero-order chi connectivity index (χ0) is 15.2. The van der Waals surface area contributed by atoms with Crippen LogP contribution in [0.1, 0.15) is 52.4 Å². The molecule has 1 aromatic rings. The monoisotopic (exact) mass is 312 g/mol. The lowest BCUT2D eigenvalue weighted by atomic mass is 9.95. The third-order valence-corrected chi connectivity index (χ3v) is 4.86. The number of hydrogen-bond acceptors (Lipinski definition) is 4. The lowest BCUT2D eigenvalue weighted by molar-refractivity contribution is -0.121. The lowest BCUT2D eigenvalue weighted by Crippen LogP contribution is -2.40. The Morgan fingerprint density at radius 2 is 2.19 bits per heavy atom. The van der Waals surface area contributed by atoms with Gasteiger partial charge in [-0.05, 0) is 26.2 Å². The van der Waals surface area contributed by atoms with Crippen LogP contribution in [0.15, 0.2) is 9.95 Å². The molecule has 1 fully saturated rings. The van der Waals surface area contributed by atoms with Gasteiger partial charge < -0.3 is 5.32 Å². The predicted octanol–water partition coefficient (Wildman–Crippen LogP) is 1.91. The van der Waals surface area contributed by atoms with Crippen molar-refractivity contribution in [1.29, 1.82) is 0 Å². The van der Waals surface area contributed by atoms with E-state index in [0.29, 0.717) is 17.7 Å². The molecular weight excluding hydrogens is 288 g/mol. The minimum absolute atomic E-state index is 0.0328. The van der Waals surface area contributed by atoms with E-state index in [1.54, 1.807) is 4.57 Å². The van der Waals surface area contributed by atoms with Gasteiger partial charge in [0, 0.05) is 12.6 Å². The molecule has 1 aliphatic carbocycles. The Labute approximate surface area is 129 Å². The number of carbonyl (C=O) groups excluding carboxylic acids is 1. The zero-order valence-corrected chi connectivity index (χ0v) is 13.5. The Morgan fingerprint density at radius 1 is 1.48 bits per heavy atom. The highest BCUT2D eigenvalue weighted by Crippen LogP contribution is 2.22. The third-order valence-electron chi connectivity index (χ3n) is 3.77. The van der Waals surface area contributed by atoms with Crippen LogP contribution in [0.2, 0.25) is 0 Å². The van der Waals surface area contributed by atoms with Gasteiger partial charge in [-0.1, -0.05) is 37.9 Å². The van der Waals surface area contributed by atoms with Crippen LogP contribution in [0, 0.1) is 0 Å². The fourth-order valence-electron chi connectivity index (χ4n) is 2.59. The van der Waals surface area contributed by atoms with E-state index in [2.05, 4.69) is 15.5 Å². The van der Waals surface area contributed by atoms with Crippen molar-refractivity contribution in [3.63, 3.8) is 0 Å². The highest BCUT2D eigenvalue weighted by atomic mass is 32.2. The maximum atomic E-state index is 12.2. The van der Waals surface area contributed by atoms with Gasteiger partial charge in [-0.15, -0.1) is 5.10 Å². The predicted molar refractivity (Wildman–Crippen MR) is 83.5 cm³/mol. The standard InChI is InChI=1S/C14H24N4O2S/c1-3-9-18-13(20)16-17-14(18)21-10(2)12(19)15-11-7-5-4-6-8-11/h10-11H,3-9H2,1-2H3,(H,15,19)(H,16,20). The molecule has 1 amide bonds. The van der Waals surface area contributed by atoms with Gasteiger partial charge in [0.2, 0.25) is 5.91 Å². The van der Waals surface area contributed by atoms with Gasteiger partial charge >= 0.3 is 5.69 Å². The second kappa shape index (κ2) is 7.68. The molecule has 7 heteroatoms. The molecule has 1 heterocycles. The first-order valence-electron chi connectivity index (χ1n) is 7.74. The number of carbonyl (C=O) groups is 1. The number of hydrogen-bond donors (Lipinski definition) is 2. The SMILES string of the molecule is CCCn1c(SC(C)C(=O)NC2CCCCC2)n[nH]c1=O. The van der Waals surface area contributed by atoms with Crippen LogP contribution in [0.25, 0.3) is 0 Å². The second-order valence-electron chi connectivity index (χ2n) is 5.57. The minimum Gasteiger partial charge on any atom is -0.352 e. The Bertz CT molecular complexity index is 519. The molecule has 0 saturated heterocycles. The molecule has 0 radical (unpaired) electrons. The minimum atomic E-state index is -0.252. The summed E-state index contributed by atoms with van der Waals surface area (Å²) in [6.45, 7) is 4.49. The zero-order valence-electron chi connectivity index (χ0n) is 12.7. The fraction of sp³-hybridized carbons (Fsp3) is 0.786. The first kappa shape index (κ1) is 16.1. The van der Waals surface area contributed by atoms with Crippen molar-refractivity contribution in [2.45, 2.75) is 75.4 Å². The van der Waals surface area contributed by atoms with E-state index in [-0.39, 0.29) is 16.8 Å². The van der Waals surface area contributed by atoms with E-state index >= 15 is 0 Å². The van der Waals surface area contributed by atoms with Crippen LogP contribution < -0.4 is 11.0 Å². The second-order valence-corrected chi connectivity index (χ2v) is 6.87. The summed E-state index contributed by atoms with van der Waals surface area (Å²) in [5.41, 5.74) is -0.209. The molecule has 0 aromatic carbocycles. The van der Waals surface area contributed by atoms with Crippen molar-refractivity contribution in [3.8, 4) is 0 Å². The topological polar surface area (TPSA) is 79.8 Å². The number of nitrogens with zero attached hydrogens (tertiary/aromatic N) is 2. The van der Waals surface area contributed by atoms with Gasteiger partial charge in [0.1, 0.15) is 0 Å². The van der Waals surface area contributed by atoms with Crippen LogP contribution in [0.5, 0.6) is 0 Å². The number of aromatic nitrogens is 3. The summed E-state index contributed by atoms with van der Waals surface area (Å²) in [6.07, 6.45) is 6.67. The average Bonchev–Trinajstić information content (AvgIpc) is 2.82. The maximum absolute atomic E-state index is 12.2. The van der Waals surface area contributed by atoms with Crippen molar-refractivity contribution >= 4 is 17.7 Å². The van der Waals surface area contributed by atoms with Crippen molar-refractivity contribution in [3.05, 3.63) is 10.5 Å². The average molecular weight is 312 g/mol. The van der Waals surface area contributed by atoms with Gasteiger partial charge in [-0.3, -0.25) is 9.36 Å². The molecule has 1 saturated carbocycles. The number of amides is 1. The normalized spacial score (nSPS) is 17.6. The van der Waals surface area contributed by atoms with E-state index in [1.165, 1.54) is 31.0 Å². The molecule has 1 atom stereocenters. The molecular formula is C14H24N4O2S. The molecule has 2 N–H and O–H groups in total. The highest BCUT2D eigenvalue weighted by Gasteiger charge is 2.22. The lowest BCUT2D eigenvalue weighted by Gasteiger charge is -2.24. The van der Waals surface area contributed by atoms with E-state index in [1.807, 2.05) is 13.8 Å². The summed E-state index contributed by atoms with van der Waals surface area (Å²) in [4.78, 5) is 23.9. The number of nitrogens with one attached hydrogen (secondary N) is 2. The molecule has 1 aliphatic rings. The summed E-state index contributed by atoms with van der Waals surface area (Å²) >= 11 is 1.34. The quantitative estimate of drug-likeness (QED) is 0.786. The summed E-state index contributed by atoms with van der Waals surface area (Å²) in [7, 11) is 0. The van der Waals surface area contributed by atoms with Gasteiger partial charge in [0.25, 0.3) is 0 Å². The summed E-state index contributed by atoms with van der Waals surface area (Å²) < 4.78 is 1.59. The summed E-state index contributed by atoms with van der Waals surface area (Å²) in [5, 5.41) is 9.92. The van der Waals surface area contributed by atoms with Crippen LogP contribution in [0.4, 0.5) is 0 Å². The van der Waals surface area contributed by atoms with E-state index in [4.69, 9.17) is 0 Å². The number of rotatable bonds is 6. The van der Waals surface area contributed by atoms with Crippen LogP contribution >= 0.6 is 11.8 Å². The Hall–Kier alpha value is -1.24. The van der Waals surface area contributed by atoms with Gasteiger partial charge in [0.15, 0.2) is 5.16 Å². The fourth-order valence-corrected chi connectivity index (χ4v) is 3.48. The number of H-pyrrole nitrogens is 1. The summed E-state index contributed by atoms with van der Waals surface area (Å²) in [5.74, 6) is 0.0328. The number of aromatic amines is 1. The van der Waals surface area contributed by atoms with Crippen molar-refractivity contribution in [2.24, 2.45) is 0 Å². The molecule has 21 heavy (non-hydrogen) atoms. The van der Waals surface area contributed by atoms with Crippen LogP contribution in [0.3, 0.4) is 0 Å². The molecule has 118 valence electrons. The maximum Gasteiger partial charge on any atom is 0.343 e. The Morgan fingerprint density at radius 3 is 2.86 bits per heavy atom. The first-order valence-corrected chi connectivity index (χ1v) is 8.62. The van der Waals surface area contributed by atoms with Crippen LogP contribution in [-0.2, 0) is 11.3 Å². The molecule has 6 nitrogen and oxygen atoms in total. The van der Waals surface area contributed by atoms with E-state index in [0.717, 1.165) is 19.3 Å². The largest absolute Gasteiger partial charge is 0.352 e. The molecule has 1 unspecified atom stereocenters. The van der Waals surface area contributed by atoms with Crippen LogP contribution in [-0.4, -0.2) is 32.0 Å². The van der Waals surface area contributed by atoms with E-state index < -0.39 is 0 Å². The molecule has 0 aliphatic heterocycles. The van der Waals surface area contributed by atoms with Crippen molar-refractivity contribution in [1.82, 2.24) is 20.1 Å².